The van der Waals surface area contributed by atoms with Gasteiger partial charge in [-0.25, -0.2) is 4.79 Å². The number of carbonyl (C=O) groups excluding carboxylic acids is 1. The second-order valence-electron chi connectivity index (χ2n) is 6.93. The smallest absolute Gasteiger partial charge is 0.407 e. The average molecular weight is 370 g/mol. The lowest BCUT2D eigenvalue weighted by Gasteiger charge is -2.36. The number of nitrogens with one attached hydrogen (secondary N) is 1. The third-order valence-corrected chi connectivity index (χ3v) is 4.78. The lowest BCUT2D eigenvalue weighted by molar-refractivity contribution is 0.0363. The molecule has 0 spiro atoms. The fourth-order valence-electron chi connectivity index (χ4n) is 2.42. The molecule has 1 amide bonds. The first-order valence-corrected chi connectivity index (χ1v) is 8.36. The molecule has 22 heavy (non-hydrogen) atoms. The highest BCUT2D eigenvalue weighted by atomic mass is 79.9. The molecule has 4 nitrogen and oxygen atoms in total. The van der Waals surface area contributed by atoms with E-state index in [2.05, 4.69) is 35.1 Å². The van der Waals surface area contributed by atoms with E-state index in [1.54, 1.807) is 0 Å². The van der Waals surface area contributed by atoms with Crippen molar-refractivity contribution in [3.05, 3.63) is 27.7 Å². The molecule has 1 aliphatic carbocycles. The summed E-state index contributed by atoms with van der Waals surface area (Å²) in [5.41, 5.74) is 1.87. The van der Waals surface area contributed by atoms with Crippen molar-refractivity contribution in [2.24, 2.45) is 0 Å². The van der Waals surface area contributed by atoms with E-state index < -0.39 is 5.60 Å². The predicted octanol–water partition coefficient (Wildman–Crippen LogP) is 4.50. The molecule has 1 N–H and O–H groups in total. The second kappa shape index (κ2) is 6.49. The number of halogens is 1. The summed E-state index contributed by atoms with van der Waals surface area (Å²) in [4.78, 5) is 11.7. The first kappa shape index (κ1) is 17.1. The molecule has 0 bridgehead atoms. The SMILES string of the molecule is Cc1cc(O[C@H]2C[C@@H](NC(=O)OC(C)(C)C)C2)cc(C)c1Br. The van der Waals surface area contributed by atoms with E-state index in [0.29, 0.717) is 0 Å². The number of alkyl carbamates (subject to hydrolysis) is 1. The molecule has 0 saturated heterocycles. The van der Waals surface area contributed by atoms with Crippen molar-refractivity contribution in [2.45, 2.75) is 65.2 Å². The van der Waals surface area contributed by atoms with Gasteiger partial charge in [0.1, 0.15) is 17.5 Å². The van der Waals surface area contributed by atoms with Gasteiger partial charge in [-0.3, -0.25) is 0 Å². The Kier molecular flexibility index (Phi) is 5.05. The summed E-state index contributed by atoms with van der Waals surface area (Å²) >= 11 is 3.55. The molecular weight excluding hydrogens is 346 g/mol. The van der Waals surface area contributed by atoms with Gasteiger partial charge in [-0.05, 0) is 57.9 Å². The van der Waals surface area contributed by atoms with Gasteiger partial charge >= 0.3 is 6.09 Å². The van der Waals surface area contributed by atoms with Crippen LogP contribution in [0.4, 0.5) is 4.79 Å². The Morgan fingerprint density at radius 2 is 1.77 bits per heavy atom. The highest BCUT2D eigenvalue weighted by Crippen LogP contribution is 2.30. The van der Waals surface area contributed by atoms with Crippen LogP contribution in [-0.2, 0) is 4.74 Å². The average Bonchev–Trinajstić information content (AvgIpc) is 2.30. The van der Waals surface area contributed by atoms with Gasteiger partial charge in [-0.15, -0.1) is 0 Å². The fraction of sp³-hybridized carbons (Fsp3) is 0.588. The van der Waals surface area contributed by atoms with E-state index in [1.807, 2.05) is 32.9 Å². The first-order valence-electron chi connectivity index (χ1n) is 7.57. The van der Waals surface area contributed by atoms with Crippen LogP contribution in [0.15, 0.2) is 16.6 Å². The highest BCUT2D eigenvalue weighted by Gasteiger charge is 2.33. The summed E-state index contributed by atoms with van der Waals surface area (Å²) in [6.07, 6.45) is 1.42. The van der Waals surface area contributed by atoms with Crippen LogP contribution in [0.3, 0.4) is 0 Å². The van der Waals surface area contributed by atoms with E-state index in [0.717, 1.165) is 34.2 Å². The Hall–Kier alpha value is -1.23. The Balaban J connectivity index is 1.79. The minimum atomic E-state index is -0.462. The third-order valence-electron chi connectivity index (χ3n) is 3.53. The van der Waals surface area contributed by atoms with Gasteiger partial charge in [0.2, 0.25) is 0 Å². The van der Waals surface area contributed by atoms with Gasteiger partial charge in [-0.1, -0.05) is 15.9 Å². The molecule has 1 aromatic carbocycles. The van der Waals surface area contributed by atoms with E-state index in [4.69, 9.17) is 9.47 Å². The molecule has 0 aliphatic heterocycles. The molecule has 1 aromatic rings. The number of hydrogen-bond acceptors (Lipinski definition) is 3. The van der Waals surface area contributed by atoms with Gasteiger partial charge in [0.05, 0.1) is 0 Å². The fourth-order valence-corrected chi connectivity index (χ4v) is 2.65. The molecule has 0 heterocycles. The molecule has 5 heteroatoms. The van der Waals surface area contributed by atoms with Crippen LogP contribution in [0, 0.1) is 13.8 Å². The van der Waals surface area contributed by atoms with Gasteiger partial charge in [0.15, 0.2) is 0 Å². The van der Waals surface area contributed by atoms with E-state index in [-0.39, 0.29) is 18.2 Å². The molecule has 2 rings (SSSR count). The van der Waals surface area contributed by atoms with Crippen molar-refractivity contribution in [1.82, 2.24) is 5.32 Å². The Morgan fingerprint density at radius 3 is 2.27 bits per heavy atom. The summed E-state index contributed by atoms with van der Waals surface area (Å²) < 4.78 is 12.3. The molecule has 1 fully saturated rings. The van der Waals surface area contributed by atoms with E-state index in [9.17, 15) is 4.79 Å². The molecule has 1 aliphatic rings. The van der Waals surface area contributed by atoms with Crippen LogP contribution in [0.1, 0.15) is 44.7 Å². The number of hydrogen-bond donors (Lipinski definition) is 1. The van der Waals surface area contributed by atoms with Gasteiger partial charge in [0, 0.05) is 23.4 Å². The summed E-state index contributed by atoms with van der Waals surface area (Å²) in [6, 6.07) is 4.20. The monoisotopic (exact) mass is 369 g/mol. The molecular formula is C17H24BrNO3. The van der Waals surface area contributed by atoms with Crippen LogP contribution >= 0.6 is 15.9 Å². The van der Waals surface area contributed by atoms with Crippen molar-refractivity contribution < 1.29 is 14.3 Å². The lowest BCUT2D eigenvalue weighted by atomic mass is 9.89. The zero-order valence-electron chi connectivity index (χ0n) is 13.8. The summed E-state index contributed by atoms with van der Waals surface area (Å²) in [5.74, 6) is 0.888. The van der Waals surface area contributed by atoms with Gasteiger partial charge in [-0.2, -0.15) is 0 Å². The van der Waals surface area contributed by atoms with Crippen LogP contribution in [0.25, 0.3) is 0 Å². The maximum absolute atomic E-state index is 11.7. The minimum absolute atomic E-state index is 0.137. The Labute approximate surface area is 140 Å². The molecule has 0 radical (unpaired) electrons. The molecule has 0 atom stereocenters. The number of rotatable bonds is 3. The van der Waals surface area contributed by atoms with Crippen molar-refractivity contribution in [3.63, 3.8) is 0 Å². The number of aryl methyl sites for hydroxylation is 2. The largest absolute Gasteiger partial charge is 0.490 e. The highest BCUT2D eigenvalue weighted by molar-refractivity contribution is 9.10. The van der Waals surface area contributed by atoms with Crippen LogP contribution in [0.5, 0.6) is 5.75 Å². The summed E-state index contributed by atoms with van der Waals surface area (Å²) in [7, 11) is 0. The van der Waals surface area contributed by atoms with Crippen LogP contribution in [0.2, 0.25) is 0 Å². The first-order chi connectivity index (χ1) is 10.1. The molecule has 122 valence electrons. The Morgan fingerprint density at radius 1 is 1.23 bits per heavy atom. The van der Waals surface area contributed by atoms with Crippen LogP contribution < -0.4 is 10.1 Å². The molecule has 1 saturated carbocycles. The zero-order chi connectivity index (χ0) is 16.5. The van der Waals surface area contributed by atoms with E-state index >= 15 is 0 Å². The van der Waals surface area contributed by atoms with Crippen LogP contribution in [-0.4, -0.2) is 23.8 Å². The number of amides is 1. The third kappa shape index (κ3) is 4.63. The number of carbonyl (C=O) groups is 1. The Bertz CT molecular complexity index is 537. The maximum Gasteiger partial charge on any atom is 0.407 e. The quantitative estimate of drug-likeness (QED) is 0.852. The standard InChI is InChI=1S/C17H24BrNO3/c1-10-6-13(7-11(2)15(10)18)21-14-8-12(9-14)19-16(20)22-17(3,4)5/h6-7,12,14H,8-9H2,1-5H3,(H,19,20)/t12-,14+. The second-order valence-corrected chi connectivity index (χ2v) is 7.72. The number of ether oxygens (including phenoxy) is 2. The van der Waals surface area contributed by atoms with Gasteiger partial charge in [0.25, 0.3) is 0 Å². The zero-order valence-corrected chi connectivity index (χ0v) is 15.4. The number of benzene rings is 1. The van der Waals surface area contributed by atoms with E-state index in [1.165, 1.54) is 0 Å². The lowest BCUT2D eigenvalue weighted by Crippen LogP contribution is -2.50. The van der Waals surface area contributed by atoms with Crippen molar-refractivity contribution >= 4 is 22.0 Å². The summed E-state index contributed by atoms with van der Waals surface area (Å²) in [6.45, 7) is 9.68. The van der Waals surface area contributed by atoms with Crippen molar-refractivity contribution in [3.8, 4) is 5.75 Å². The summed E-state index contributed by atoms with van der Waals surface area (Å²) in [5, 5.41) is 2.87. The van der Waals surface area contributed by atoms with Gasteiger partial charge < -0.3 is 14.8 Å². The normalized spacial score (nSPS) is 21.0. The topological polar surface area (TPSA) is 47.6 Å². The molecule has 0 aromatic heterocycles. The van der Waals surface area contributed by atoms with Crippen molar-refractivity contribution in [2.75, 3.05) is 0 Å². The maximum atomic E-state index is 11.7. The van der Waals surface area contributed by atoms with Crippen molar-refractivity contribution in [1.29, 1.82) is 0 Å². The predicted molar refractivity (Wildman–Crippen MR) is 90.4 cm³/mol. The minimum Gasteiger partial charge on any atom is -0.490 e. The molecule has 0 unspecified atom stereocenters.